The summed E-state index contributed by atoms with van der Waals surface area (Å²) in [7, 11) is 0. The molecule has 0 amide bonds. The quantitative estimate of drug-likeness (QED) is 0.377. The lowest BCUT2D eigenvalue weighted by atomic mass is 10.0. The Morgan fingerprint density at radius 3 is 2.45 bits per heavy atom. The van der Waals surface area contributed by atoms with Gasteiger partial charge in [0, 0.05) is 0 Å². The average Bonchev–Trinajstić information content (AvgIpc) is 2.44. The van der Waals surface area contributed by atoms with E-state index in [2.05, 4.69) is 0 Å². The van der Waals surface area contributed by atoms with Crippen LogP contribution in [0.5, 0.6) is 0 Å². The number of fused-ring (bicyclic) bond motifs is 2. The monoisotopic (exact) mass is 162 g/mol. The van der Waals surface area contributed by atoms with Gasteiger partial charge in [-0.2, -0.15) is 0 Å². The first-order valence-corrected chi connectivity index (χ1v) is 3.51. The summed E-state index contributed by atoms with van der Waals surface area (Å²) >= 11 is 0. The van der Waals surface area contributed by atoms with Crippen LogP contribution in [0, 0.1) is 0 Å². The fourth-order valence-electron chi connectivity index (χ4n) is 1.38. The van der Waals surface area contributed by atoms with Gasteiger partial charge in [0.15, 0.2) is 6.29 Å². The van der Waals surface area contributed by atoms with E-state index in [4.69, 9.17) is 14.6 Å². The fourth-order valence-corrected chi connectivity index (χ4v) is 1.38. The summed E-state index contributed by atoms with van der Waals surface area (Å²) in [5, 5.41) is 27.6. The summed E-state index contributed by atoms with van der Waals surface area (Å²) in [4.78, 5) is 0. The van der Waals surface area contributed by atoms with Crippen molar-refractivity contribution in [2.24, 2.45) is 0 Å². The molecule has 0 aliphatic carbocycles. The van der Waals surface area contributed by atoms with Crippen molar-refractivity contribution in [3.05, 3.63) is 0 Å². The molecule has 0 unspecified atom stereocenters. The minimum absolute atomic E-state index is 0.236. The molecule has 5 atom stereocenters. The van der Waals surface area contributed by atoms with Gasteiger partial charge in [-0.25, -0.2) is 0 Å². The third kappa shape index (κ3) is 0.969. The Hall–Kier alpha value is -0.200. The maximum atomic E-state index is 9.22. The number of hydrogen-bond donors (Lipinski definition) is 3. The van der Waals surface area contributed by atoms with Gasteiger partial charge in [-0.15, -0.1) is 0 Å². The Morgan fingerprint density at radius 2 is 1.73 bits per heavy atom. The summed E-state index contributed by atoms with van der Waals surface area (Å²) in [6, 6.07) is 0. The third-order valence-corrected chi connectivity index (χ3v) is 2.09. The van der Waals surface area contributed by atoms with E-state index in [0.29, 0.717) is 0 Å². The average molecular weight is 162 g/mol. The number of aliphatic hydroxyl groups is 3. The van der Waals surface area contributed by atoms with E-state index in [1.54, 1.807) is 0 Å². The van der Waals surface area contributed by atoms with Crippen LogP contribution in [0.3, 0.4) is 0 Å². The number of hydrogen-bond acceptors (Lipinski definition) is 5. The Labute approximate surface area is 63.2 Å². The van der Waals surface area contributed by atoms with Crippen molar-refractivity contribution in [3.8, 4) is 0 Å². The van der Waals surface area contributed by atoms with Crippen LogP contribution in [0.25, 0.3) is 0 Å². The van der Waals surface area contributed by atoms with Gasteiger partial charge >= 0.3 is 0 Å². The maximum Gasteiger partial charge on any atom is 0.186 e. The largest absolute Gasteiger partial charge is 0.387 e. The summed E-state index contributed by atoms with van der Waals surface area (Å²) in [5.41, 5.74) is 0. The lowest BCUT2D eigenvalue weighted by Crippen LogP contribution is -2.53. The molecule has 2 saturated heterocycles. The summed E-state index contributed by atoms with van der Waals surface area (Å²) < 4.78 is 9.95. The highest BCUT2D eigenvalue weighted by Crippen LogP contribution is 2.27. The van der Waals surface area contributed by atoms with E-state index in [9.17, 15) is 10.2 Å². The number of rotatable bonds is 0. The van der Waals surface area contributed by atoms with Crippen LogP contribution in [-0.4, -0.2) is 52.6 Å². The Bertz CT molecular complexity index is 141. The smallest absolute Gasteiger partial charge is 0.186 e. The molecule has 0 aromatic rings. The van der Waals surface area contributed by atoms with Gasteiger partial charge in [-0.05, 0) is 0 Å². The van der Waals surface area contributed by atoms with Crippen LogP contribution >= 0.6 is 0 Å². The van der Waals surface area contributed by atoms with Crippen LogP contribution in [0.2, 0.25) is 0 Å². The SMILES string of the molecule is O[C@@H]1[C@H](O)[C@@H]2OC[C@H](O2)[C@H]1O. The molecule has 2 rings (SSSR count). The van der Waals surface area contributed by atoms with Crippen molar-refractivity contribution >= 4 is 0 Å². The van der Waals surface area contributed by atoms with Gasteiger partial charge in [0.25, 0.3) is 0 Å². The van der Waals surface area contributed by atoms with Crippen molar-refractivity contribution in [2.45, 2.75) is 30.7 Å². The number of aliphatic hydroxyl groups excluding tert-OH is 3. The van der Waals surface area contributed by atoms with Crippen molar-refractivity contribution in [2.75, 3.05) is 6.61 Å². The van der Waals surface area contributed by atoms with Crippen molar-refractivity contribution in [1.29, 1.82) is 0 Å². The highest BCUT2D eigenvalue weighted by Gasteiger charge is 2.48. The molecule has 5 nitrogen and oxygen atoms in total. The fraction of sp³-hybridized carbons (Fsp3) is 1.00. The molecule has 3 N–H and O–H groups in total. The van der Waals surface area contributed by atoms with E-state index in [1.807, 2.05) is 0 Å². The second kappa shape index (κ2) is 2.40. The van der Waals surface area contributed by atoms with Gasteiger partial charge in [0.1, 0.15) is 24.4 Å². The zero-order chi connectivity index (χ0) is 8.01. The molecule has 0 aromatic heterocycles. The van der Waals surface area contributed by atoms with Crippen LogP contribution < -0.4 is 0 Å². The molecule has 0 aromatic carbocycles. The van der Waals surface area contributed by atoms with E-state index < -0.39 is 30.7 Å². The topological polar surface area (TPSA) is 79.2 Å². The van der Waals surface area contributed by atoms with Gasteiger partial charge in [-0.3, -0.25) is 0 Å². The molecule has 64 valence electrons. The van der Waals surface area contributed by atoms with Crippen molar-refractivity contribution in [1.82, 2.24) is 0 Å². The molecule has 2 aliphatic heterocycles. The Kier molecular flexibility index (Phi) is 1.62. The second-order valence-corrected chi connectivity index (χ2v) is 2.85. The van der Waals surface area contributed by atoms with Crippen LogP contribution in [0.1, 0.15) is 0 Å². The van der Waals surface area contributed by atoms with Gasteiger partial charge in [-0.1, -0.05) is 0 Å². The molecular formula is C6H10O5. The molecule has 5 heteroatoms. The molecule has 0 spiro atoms. The lowest BCUT2D eigenvalue weighted by Gasteiger charge is -2.32. The van der Waals surface area contributed by atoms with Crippen LogP contribution in [-0.2, 0) is 9.47 Å². The highest BCUT2D eigenvalue weighted by atomic mass is 16.7. The van der Waals surface area contributed by atoms with E-state index in [0.717, 1.165) is 0 Å². The van der Waals surface area contributed by atoms with E-state index in [-0.39, 0.29) is 6.61 Å². The second-order valence-electron chi connectivity index (χ2n) is 2.85. The first kappa shape index (κ1) is 7.45. The number of ether oxygens (including phenoxy) is 2. The summed E-state index contributed by atoms with van der Waals surface area (Å²) in [6.45, 7) is 0.236. The first-order valence-electron chi connectivity index (χ1n) is 3.51. The zero-order valence-corrected chi connectivity index (χ0v) is 5.75. The lowest BCUT2D eigenvalue weighted by molar-refractivity contribution is -0.228. The molecule has 2 bridgehead atoms. The molecule has 0 radical (unpaired) electrons. The minimum Gasteiger partial charge on any atom is -0.387 e. The summed E-state index contributed by atoms with van der Waals surface area (Å²) in [5.74, 6) is 0. The van der Waals surface area contributed by atoms with Crippen molar-refractivity contribution in [3.63, 3.8) is 0 Å². The normalized spacial score (nSPS) is 56.5. The molecule has 2 fully saturated rings. The van der Waals surface area contributed by atoms with E-state index in [1.165, 1.54) is 0 Å². The highest BCUT2D eigenvalue weighted by molar-refractivity contribution is 4.92. The Morgan fingerprint density at radius 1 is 1.00 bits per heavy atom. The molecular weight excluding hydrogens is 152 g/mol. The minimum atomic E-state index is -1.15. The third-order valence-electron chi connectivity index (χ3n) is 2.09. The zero-order valence-electron chi connectivity index (χ0n) is 5.75. The van der Waals surface area contributed by atoms with Crippen LogP contribution in [0.4, 0.5) is 0 Å². The maximum absolute atomic E-state index is 9.22. The van der Waals surface area contributed by atoms with Gasteiger partial charge < -0.3 is 24.8 Å². The van der Waals surface area contributed by atoms with Crippen LogP contribution in [0.15, 0.2) is 0 Å². The van der Waals surface area contributed by atoms with Gasteiger partial charge in [0.05, 0.1) is 6.61 Å². The van der Waals surface area contributed by atoms with E-state index >= 15 is 0 Å². The predicted molar refractivity (Wildman–Crippen MR) is 32.6 cm³/mol. The molecule has 11 heavy (non-hydrogen) atoms. The molecule has 2 aliphatic rings. The molecule has 0 saturated carbocycles. The predicted octanol–water partition coefficient (Wildman–Crippen LogP) is -2.18. The summed E-state index contributed by atoms with van der Waals surface area (Å²) in [6.07, 6.45) is -4.58. The Balaban J connectivity index is 2.16. The van der Waals surface area contributed by atoms with Gasteiger partial charge in [0.2, 0.25) is 0 Å². The first-order chi connectivity index (χ1) is 5.20. The van der Waals surface area contributed by atoms with Crippen molar-refractivity contribution < 1.29 is 24.8 Å². The standard InChI is InChI=1S/C6H10O5/c7-3-2-1-10-6(11-2)5(9)4(3)8/h2-9H,1H2/t2-,3+,4-,5-,6+/m0/s1. The molecule has 2 heterocycles.